The first kappa shape index (κ1) is 15.1. The zero-order chi connectivity index (χ0) is 14.1. The van der Waals surface area contributed by atoms with Crippen LogP contribution < -0.4 is 10.2 Å². The topological polar surface area (TPSA) is 32.3 Å². The average molecular weight is 258 g/mol. The van der Waals surface area contributed by atoms with Crippen molar-refractivity contribution in [2.24, 2.45) is 0 Å². The third-order valence-electron chi connectivity index (χ3n) is 2.88. The summed E-state index contributed by atoms with van der Waals surface area (Å²) in [5.41, 5.74) is 2.50. The number of nitrogens with zero attached hydrogens (tertiary/aromatic N) is 1. The zero-order valence-corrected chi connectivity index (χ0v) is 12.0. The van der Waals surface area contributed by atoms with Gasteiger partial charge in [-0.25, -0.2) is 0 Å². The zero-order valence-electron chi connectivity index (χ0n) is 12.0. The maximum absolute atomic E-state index is 11.2. The highest BCUT2D eigenvalue weighted by Gasteiger charge is 2.04. The van der Waals surface area contributed by atoms with Gasteiger partial charge in [-0.2, -0.15) is 0 Å². The summed E-state index contributed by atoms with van der Waals surface area (Å²) in [6.07, 6.45) is 0.916. The Morgan fingerprint density at radius 2 is 2.21 bits per heavy atom. The van der Waals surface area contributed by atoms with Gasteiger partial charge in [0.25, 0.3) is 5.91 Å². The van der Waals surface area contributed by atoms with Crippen LogP contribution >= 0.6 is 0 Å². The maximum atomic E-state index is 11.2. The number of benzene rings is 1. The van der Waals surface area contributed by atoms with E-state index in [4.69, 9.17) is 0 Å². The Hall–Kier alpha value is -1.95. The van der Waals surface area contributed by atoms with Crippen molar-refractivity contribution in [3.8, 4) is 11.8 Å². The number of hydrogen-bond donors (Lipinski definition) is 1. The predicted octanol–water partition coefficient (Wildman–Crippen LogP) is 2.35. The highest BCUT2D eigenvalue weighted by Crippen LogP contribution is 2.15. The molecule has 0 aliphatic heterocycles. The lowest BCUT2D eigenvalue weighted by atomic mass is 10.2. The van der Waals surface area contributed by atoms with Gasteiger partial charge in [0.1, 0.15) is 0 Å². The quantitative estimate of drug-likeness (QED) is 0.627. The molecule has 0 saturated heterocycles. The number of hydrogen-bond acceptors (Lipinski definition) is 2. The fourth-order valence-electron chi connectivity index (χ4n) is 1.92. The van der Waals surface area contributed by atoms with Gasteiger partial charge in [-0.15, -0.1) is 0 Å². The van der Waals surface area contributed by atoms with Crippen LogP contribution in [0.15, 0.2) is 24.3 Å². The third-order valence-corrected chi connectivity index (χ3v) is 2.88. The van der Waals surface area contributed by atoms with E-state index >= 15 is 0 Å². The van der Waals surface area contributed by atoms with Crippen molar-refractivity contribution in [1.29, 1.82) is 0 Å². The van der Waals surface area contributed by atoms with E-state index in [2.05, 4.69) is 60.2 Å². The molecule has 1 rings (SSSR count). The fourth-order valence-corrected chi connectivity index (χ4v) is 1.92. The number of rotatable bonds is 6. The molecule has 0 bridgehead atoms. The first-order chi connectivity index (χ1) is 9.17. The second kappa shape index (κ2) is 8.20. The molecule has 1 amide bonds. The Morgan fingerprint density at radius 1 is 1.42 bits per heavy atom. The third kappa shape index (κ3) is 5.48. The molecular formula is C16H22N2O. The molecule has 0 aromatic heterocycles. The van der Waals surface area contributed by atoms with Gasteiger partial charge in [0.05, 0.1) is 0 Å². The first-order valence-electron chi connectivity index (χ1n) is 6.69. The largest absolute Gasteiger partial charge is 0.372 e. The molecule has 3 heteroatoms. The van der Waals surface area contributed by atoms with Crippen LogP contribution in [-0.2, 0) is 4.79 Å². The van der Waals surface area contributed by atoms with Crippen molar-refractivity contribution in [1.82, 2.24) is 5.32 Å². The van der Waals surface area contributed by atoms with Crippen molar-refractivity contribution >= 4 is 11.6 Å². The van der Waals surface area contributed by atoms with Crippen LogP contribution in [0.2, 0.25) is 0 Å². The van der Waals surface area contributed by atoms with Crippen molar-refractivity contribution in [2.45, 2.75) is 27.2 Å². The lowest BCUT2D eigenvalue weighted by molar-refractivity contribution is -0.115. The van der Waals surface area contributed by atoms with Crippen LogP contribution in [0.5, 0.6) is 0 Å². The van der Waals surface area contributed by atoms with Crippen molar-refractivity contribution in [3.05, 3.63) is 29.8 Å². The van der Waals surface area contributed by atoms with Crippen LogP contribution in [-0.4, -0.2) is 25.5 Å². The summed E-state index contributed by atoms with van der Waals surface area (Å²) in [5.74, 6) is 4.87. The molecule has 0 saturated carbocycles. The molecule has 1 N–H and O–H groups in total. The maximum Gasteiger partial charge on any atom is 0.295 e. The van der Waals surface area contributed by atoms with Crippen molar-refractivity contribution < 1.29 is 4.79 Å². The Kier molecular flexibility index (Phi) is 6.52. The van der Waals surface area contributed by atoms with E-state index in [-0.39, 0.29) is 5.91 Å². The number of nitrogens with one attached hydrogen (secondary N) is 1. The van der Waals surface area contributed by atoms with Gasteiger partial charge in [-0.3, -0.25) is 4.79 Å². The molecule has 1 aromatic rings. The summed E-state index contributed by atoms with van der Waals surface area (Å²) >= 11 is 0. The number of carbonyl (C=O) groups is 1. The summed E-state index contributed by atoms with van der Waals surface area (Å²) in [7, 11) is 0. The van der Waals surface area contributed by atoms with Crippen LogP contribution in [0.25, 0.3) is 0 Å². The molecule has 0 unspecified atom stereocenters. The van der Waals surface area contributed by atoms with Gasteiger partial charge in [0, 0.05) is 25.3 Å². The summed E-state index contributed by atoms with van der Waals surface area (Å²) in [4.78, 5) is 13.5. The molecule has 1 aromatic carbocycles. The summed E-state index contributed by atoms with van der Waals surface area (Å²) in [5, 5.41) is 2.79. The smallest absolute Gasteiger partial charge is 0.295 e. The van der Waals surface area contributed by atoms with Gasteiger partial charge >= 0.3 is 0 Å². The molecule has 0 aliphatic rings. The summed E-state index contributed by atoms with van der Waals surface area (Å²) < 4.78 is 0. The van der Waals surface area contributed by atoms with Gasteiger partial charge in [0.15, 0.2) is 0 Å². The van der Waals surface area contributed by atoms with Gasteiger partial charge in [0.2, 0.25) is 0 Å². The molecule has 0 aliphatic carbocycles. The van der Waals surface area contributed by atoms with E-state index in [1.165, 1.54) is 11.3 Å². The van der Waals surface area contributed by atoms with Gasteiger partial charge in [-0.05, 0) is 50.8 Å². The number of anilines is 1. The first-order valence-corrected chi connectivity index (χ1v) is 6.69. The van der Waals surface area contributed by atoms with Gasteiger partial charge < -0.3 is 10.2 Å². The Morgan fingerprint density at radius 3 is 2.84 bits per heavy atom. The lowest BCUT2D eigenvalue weighted by Gasteiger charge is -2.23. The van der Waals surface area contributed by atoms with E-state index in [9.17, 15) is 4.79 Å². The SMILES string of the molecule is CC#CC(=O)NCCCN(CC)c1cccc(C)c1. The van der Waals surface area contributed by atoms with E-state index in [0.29, 0.717) is 6.54 Å². The molecule has 0 heterocycles. The van der Waals surface area contributed by atoms with Crippen LogP contribution in [0, 0.1) is 18.8 Å². The fraction of sp³-hybridized carbons (Fsp3) is 0.438. The number of carbonyl (C=O) groups excluding carboxylic acids is 1. The minimum absolute atomic E-state index is 0.193. The lowest BCUT2D eigenvalue weighted by Crippen LogP contribution is -2.29. The van der Waals surface area contributed by atoms with Gasteiger partial charge in [-0.1, -0.05) is 18.1 Å². The molecule has 0 spiro atoms. The van der Waals surface area contributed by atoms with E-state index in [1.54, 1.807) is 6.92 Å². The highest BCUT2D eigenvalue weighted by atomic mass is 16.1. The molecule has 102 valence electrons. The van der Waals surface area contributed by atoms with Crippen LogP contribution in [0.3, 0.4) is 0 Å². The molecular weight excluding hydrogens is 236 g/mol. The Labute approximate surface area is 116 Å². The summed E-state index contributed by atoms with van der Waals surface area (Å²) in [6.45, 7) is 8.46. The van der Waals surface area contributed by atoms with Crippen LogP contribution in [0.4, 0.5) is 5.69 Å². The van der Waals surface area contributed by atoms with E-state index in [0.717, 1.165) is 19.5 Å². The normalized spacial score (nSPS) is 9.42. The Balaban J connectivity index is 2.41. The monoisotopic (exact) mass is 258 g/mol. The second-order valence-electron chi connectivity index (χ2n) is 4.40. The van der Waals surface area contributed by atoms with Crippen molar-refractivity contribution in [3.63, 3.8) is 0 Å². The van der Waals surface area contributed by atoms with Crippen molar-refractivity contribution in [2.75, 3.05) is 24.5 Å². The molecule has 0 radical (unpaired) electrons. The molecule has 0 fully saturated rings. The average Bonchev–Trinajstić information content (AvgIpc) is 2.39. The predicted molar refractivity (Wildman–Crippen MR) is 80.1 cm³/mol. The minimum Gasteiger partial charge on any atom is -0.372 e. The summed E-state index contributed by atoms with van der Waals surface area (Å²) in [6, 6.07) is 8.48. The highest BCUT2D eigenvalue weighted by molar-refractivity contribution is 5.93. The minimum atomic E-state index is -0.193. The van der Waals surface area contributed by atoms with E-state index < -0.39 is 0 Å². The Bertz CT molecular complexity index is 471. The molecule has 19 heavy (non-hydrogen) atoms. The van der Waals surface area contributed by atoms with E-state index in [1.807, 2.05) is 0 Å². The number of amides is 1. The molecule has 3 nitrogen and oxygen atoms in total. The van der Waals surface area contributed by atoms with Crippen LogP contribution in [0.1, 0.15) is 25.8 Å². The second-order valence-corrected chi connectivity index (χ2v) is 4.40. The molecule has 0 atom stereocenters. The standard InChI is InChI=1S/C16H22N2O/c1-4-8-16(19)17-11-7-12-18(5-2)15-10-6-9-14(3)13-15/h6,9-10,13H,5,7,11-12H2,1-3H3,(H,17,19). The number of aryl methyl sites for hydroxylation is 1.